The van der Waals surface area contributed by atoms with E-state index in [1.807, 2.05) is 0 Å². The largest absolute Gasteiger partial charge is 0.391 e. The van der Waals surface area contributed by atoms with Crippen molar-refractivity contribution in [3.8, 4) is 0 Å². The first-order valence-corrected chi connectivity index (χ1v) is 8.64. The predicted molar refractivity (Wildman–Crippen MR) is 85.8 cm³/mol. The fourth-order valence-corrected chi connectivity index (χ4v) is 4.29. The molecule has 1 aliphatic carbocycles. The summed E-state index contributed by atoms with van der Waals surface area (Å²) >= 11 is 0. The number of hydrogen-bond donors (Lipinski definition) is 1. The van der Waals surface area contributed by atoms with Crippen LogP contribution in [0.25, 0.3) is 0 Å². The molecule has 0 amide bonds. The Hall–Kier alpha value is -0.0800. The minimum Gasteiger partial charge on any atom is -0.391 e. The van der Waals surface area contributed by atoms with Crippen molar-refractivity contribution in [3.63, 3.8) is 0 Å². The third-order valence-corrected chi connectivity index (χ3v) is 5.94. The number of hydrogen-bond acceptors (Lipinski definition) is 2. The number of rotatable bonds is 1. The van der Waals surface area contributed by atoms with Gasteiger partial charge in [-0.3, -0.25) is 4.90 Å². The molecule has 1 saturated heterocycles. The molecule has 1 heterocycles. The maximum atomic E-state index is 10.7. The molecule has 0 aromatic carbocycles. The molecule has 0 radical (unpaired) electrons. The summed E-state index contributed by atoms with van der Waals surface area (Å²) in [6, 6.07) is 0.400. The lowest BCUT2D eigenvalue weighted by molar-refractivity contribution is -0.0569. The lowest BCUT2D eigenvalue weighted by Gasteiger charge is -2.45. The minimum atomic E-state index is -0.151. The average Bonchev–Trinajstić information content (AvgIpc) is 2.57. The van der Waals surface area contributed by atoms with Gasteiger partial charge >= 0.3 is 0 Å². The zero-order chi connectivity index (χ0) is 15.0. The van der Waals surface area contributed by atoms with Gasteiger partial charge in [0.05, 0.1) is 6.10 Å². The first-order valence-electron chi connectivity index (χ1n) is 8.64. The smallest absolute Gasteiger partial charge is 0.0746 e. The standard InChI is InChI=1S/C18H35NO/c1-17(2,3)14-8-7-12-19(13-10-14)15-9-6-11-18(4,5)16(15)20/h14-16,20H,6-13H2,1-5H3. The number of aliphatic hydroxyl groups excluding tert-OH is 1. The van der Waals surface area contributed by atoms with E-state index in [9.17, 15) is 5.11 Å². The maximum absolute atomic E-state index is 10.7. The molecule has 0 aromatic heterocycles. The van der Waals surface area contributed by atoms with Crippen molar-refractivity contribution < 1.29 is 5.11 Å². The molecule has 0 aromatic rings. The molecule has 2 heteroatoms. The van der Waals surface area contributed by atoms with Crippen molar-refractivity contribution in [1.29, 1.82) is 0 Å². The minimum absolute atomic E-state index is 0.0959. The molecule has 2 aliphatic rings. The van der Waals surface area contributed by atoms with Crippen molar-refractivity contribution >= 4 is 0 Å². The van der Waals surface area contributed by atoms with Gasteiger partial charge in [0.1, 0.15) is 0 Å². The van der Waals surface area contributed by atoms with Crippen molar-refractivity contribution in [1.82, 2.24) is 4.90 Å². The van der Waals surface area contributed by atoms with Crippen LogP contribution in [0.15, 0.2) is 0 Å². The van der Waals surface area contributed by atoms with Crippen LogP contribution < -0.4 is 0 Å². The highest BCUT2D eigenvalue weighted by atomic mass is 16.3. The van der Waals surface area contributed by atoms with E-state index in [1.54, 1.807) is 0 Å². The molecule has 0 spiro atoms. The third kappa shape index (κ3) is 3.57. The Morgan fingerprint density at radius 1 is 1.00 bits per heavy atom. The van der Waals surface area contributed by atoms with Gasteiger partial charge in [0.2, 0.25) is 0 Å². The summed E-state index contributed by atoms with van der Waals surface area (Å²) in [5.74, 6) is 0.834. The quantitative estimate of drug-likeness (QED) is 0.783. The molecule has 3 unspecified atom stereocenters. The van der Waals surface area contributed by atoms with Gasteiger partial charge in [0, 0.05) is 6.04 Å². The van der Waals surface area contributed by atoms with Crippen molar-refractivity contribution in [2.24, 2.45) is 16.7 Å². The summed E-state index contributed by atoms with van der Waals surface area (Å²) in [5, 5.41) is 10.7. The Morgan fingerprint density at radius 2 is 1.70 bits per heavy atom. The molecule has 3 atom stereocenters. The Morgan fingerprint density at radius 3 is 2.35 bits per heavy atom. The van der Waals surface area contributed by atoms with Gasteiger partial charge < -0.3 is 5.11 Å². The molecule has 2 rings (SSSR count). The predicted octanol–water partition coefficient (Wildman–Crippen LogP) is 4.07. The average molecular weight is 281 g/mol. The van der Waals surface area contributed by atoms with Crippen molar-refractivity contribution in [3.05, 3.63) is 0 Å². The Labute approximate surface area is 125 Å². The normalized spacial score (nSPS) is 36.6. The monoisotopic (exact) mass is 281 g/mol. The van der Waals surface area contributed by atoms with Gasteiger partial charge in [-0.05, 0) is 61.9 Å². The molecular formula is C18H35NO. The highest BCUT2D eigenvalue weighted by Crippen LogP contribution is 2.40. The van der Waals surface area contributed by atoms with E-state index < -0.39 is 0 Å². The number of aliphatic hydroxyl groups is 1. The number of likely N-dealkylation sites (tertiary alicyclic amines) is 1. The second-order valence-electron chi connectivity index (χ2n) is 8.92. The summed E-state index contributed by atoms with van der Waals surface area (Å²) in [5.41, 5.74) is 0.527. The molecular weight excluding hydrogens is 246 g/mol. The molecule has 20 heavy (non-hydrogen) atoms. The molecule has 1 N–H and O–H groups in total. The van der Waals surface area contributed by atoms with E-state index in [0.717, 1.165) is 5.92 Å². The summed E-state index contributed by atoms with van der Waals surface area (Å²) in [6.45, 7) is 14.0. The van der Waals surface area contributed by atoms with Crippen LogP contribution in [0.5, 0.6) is 0 Å². The first-order chi connectivity index (χ1) is 9.22. The van der Waals surface area contributed by atoms with Crippen LogP contribution in [0.1, 0.15) is 73.1 Å². The SMILES string of the molecule is CC(C)(C)C1CCCN(C2CCCC(C)(C)C2O)CC1. The molecule has 118 valence electrons. The second-order valence-corrected chi connectivity index (χ2v) is 8.92. The molecule has 1 aliphatic heterocycles. The van der Waals surface area contributed by atoms with Crippen LogP contribution in [0.4, 0.5) is 0 Å². The molecule has 2 nitrogen and oxygen atoms in total. The van der Waals surface area contributed by atoms with Gasteiger partial charge in [-0.2, -0.15) is 0 Å². The summed E-state index contributed by atoms with van der Waals surface area (Å²) in [4.78, 5) is 2.61. The second kappa shape index (κ2) is 5.96. The van der Waals surface area contributed by atoms with E-state index in [4.69, 9.17) is 0 Å². The Bertz CT molecular complexity index is 318. The summed E-state index contributed by atoms with van der Waals surface area (Å²) < 4.78 is 0. The fraction of sp³-hybridized carbons (Fsp3) is 1.00. The molecule has 0 bridgehead atoms. The zero-order valence-corrected chi connectivity index (χ0v) is 14.3. The summed E-state index contributed by atoms with van der Waals surface area (Å²) in [6.07, 6.45) is 7.43. The van der Waals surface area contributed by atoms with E-state index in [1.165, 1.54) is 51.6 Å². The highest BCUT2D eigenvalue weighted by Gasteiger charge is 2.41. The van der Waals surface area contributed by atoms with Crippen LogP contribution in [0.2, 0.25) is 0 Å². The third-order valence-electron chi connectivity index (χ3n) is 5.94. The van der Waals surface area contributed by atoms with Gasteiger partial charge in [-0.25, -0.2) is 0 Å². The van der Waals surface area contributed by atoms with E-state index >= 15 is 0 Å². The lowest BCUT2D eigenvalue weighted by atomic mass is 9.72. The van der Waals surface area contributed by atoms with Crippen LogP contribution in [-0.4, -0.2) is 35.2 Å². The van der Waals surface area contributed by atoms with Crippen molar-refractivity contribution in [2.75, 3.05) is 13.1 Å². The Balaban J connectivity index is 2.00. The lowest BCUT2D eigenvalue weighted by Crippen LogP contribution is -2.52. The van der Waals surface area contributed by atoms with Gasteiger partial charge in [0.15, 0.2) is 0 Å². The summed E-state index contributed by atoms with van der Waals surface area (Å²) in [7, 11) is 0. The van der Waals surface area contributed by atoms with E-state index in [-0.39, 0.29) is 11.5 Å². The molecule has 2 fully saturated rings. The Kier molecular flexibility index (Phi) is 4.86. The van der Waals surface area contributed by atoms with Crippen LogP contribution >= 0.6 is 0 Å². The molecule has 1 saturated carbocycles. The fourth-order valence-electron chi connectivity index (χ4n) is 4.29. The van der Waals surface area contributed by atoms with Gasteiger partial charge in [-0.1, -0.05) is 41.0 Å². The topological polar surface area (TPSA) is 23.5 Å². The zero-order valence-electron chi connectivity index (χ0n) is 14.3. The van der Waals surface area contributed by atoms with E-state index in [2.05, 4.69) is 39.5 Å². The van der Waals surface area contributed by atoms with Crippen LogP contribution in [-0.2, 0) is 0 Å². The van der Waals surface area contributed by atoms with Crippen LogP contribution in [0.3, 0.4) is 0 Å². The highest BCUT2D eigenvalue weighted by molar-refractivity contribution is 4.94. The van der Waals surface area contributed by atoms with Gasteiger partial charge in [-0.15, -0.1) is 0 Å². The van der Waals surface area contributed by atoms with E-state index in [0.29, 0.717) is 11.5 Å². The first kappa shape index (κ1) is 16.3. The maximum Gasteiger partial charge on any atom is 0.0746 e. The van der Waals surface area contributed by atoms with Crippen LogP contribution in [0, 0.1) is 16.7 Å². The van der Waals surface area contributed by atoms with Gasteiger partial charge in [0.25, 0.3) is 0 Å². The van der Waals surface area contributed by atoms with Crippen molar-refractivity contribution in [2.45, 2.75) is 85.3 Å². The number of nitrogens with zero attached hydrogens (tertiary/aromatic N) is 1.